The molecule has 1 N–H and O–H groups in total. The van der Waals surface area contributed by atoms with Crippen molar-refractivity contribution < 1.29 is 9.18 Å². The zero-order valence-corrected chi connectivity index (χ0v) is 13.4. The summed E-state index contributed by atoms with van der Waals surface area (Å²) in [5.41, 5.74) is 0.0253. The van der Waals surface area contributed by atoms with Crippen molar-refractivity contribution in [1.29, 1.82) is 0 Å². The number of amides is 1. The Morgan fingerprint density at radius 3 is 2.89 bits per heavy atom. The topological polar surface area (TPSA) is 32.3 Å². The minimum Gasteiger partial charge on any atom is -0.336 e. The van der Waals surface area contributed by atoms with Crippen molar-refractivity contribution in [2.45, 2.75) is 13.0 Å². The maximum absolute atomic E-state index is 13.8. The minimum atomic E-state index is -0.553. The van der Waals surface area contributed by atoms with Crippen LogP contribution in [0, 0.1) is 5.82 Å². The maximum Gasteiger partial charge on any atom is 0.256 e. The summed E-state index contributed by atoms with van der Waals surface area (Å²) in [6, 6.07) is 2.81. The van der Waals surface area contributed by atoms with Crippen LogP contribution in [-0.4, -0.2) is 36.5 Å². The van der Waals surface area contributed by atoms with Gasteiger partial charge in [-0.3, -0.25) is 4.79 Å². The van der Waals surface area contributed by atoms with E-state index in [-0.39, 0.29) is 29.9 Å². The van der Waals surface area contributed by atoms with E-state index in [1.807, 2.05) is 6.92 Å². The van der Waals surface area contributed by atoms with E-state index in [4.69, 9.17) is 11.6 Å². The molecule has 3 nitrogen and oxygen atoms in total. The highest BCUT2D eigenvalue weighted by Gasteiger charge is 2.24. The van der Waals surface area contributed by atoms with Gasteiger partial charge in [-0.05, 0) is 35.0 Å². The molecular formula is C12H14BrCl2FN2O. The Balaban J connectivity index is 0.00000180. The van der Waals surface area contributed by atoms with Crippen molar-refractivity contribution in [1.82, 2.24) is 10.2 Å². The number of carbonyl (C=O) groups excluding carboxylic acids is 1. The summed E-state index contributed by atoms with van der Waals surface area (Å²) in [5.74, 6) is -0.863. The zero-order valence-electron chi connectivity index (χ0n) is 10.3. The fourth-order valence-corrected chi connectivity index (χ4v) is 2.45. The molecule has 1 aromatic rings. The van der Waals surface area contributed by atoms with Gasteiger partial charge in [0, 0.05) is 30.1 Å². The molecule has 0 spiro atoms. The number of nitrogens with zero attached hydrogens (tertiary/aromatic N) is 1. The lowest BCUT2D eigenvalue weighted by atomic mass is 10.1. The quantitative estimate of drug-likeness (QED) is 0.769. The van der Waals surface area contributed by atoms with Gasteiger partial charge < -0.3 is 10.2 Å². The average Bonchev–Trinajstić information content (AvgIpc) is 2.33. The summed E-state index contributed by atoms with van der Waals surface area (Å²) in [4.78, 5) is 13.9. The van der Waals surface area contributed by atoms with E-state index in [2.05, 4.69) is 21.2 Å². The van der Waals surface area contributed by atoms with Crippen molar-refractivity contribution in [2.75, 3.05) is 19.6 Å². The monoisotopic (exact) mass is 370 g/mol. The number of piperazine rings is 1. The summed E-state index contributed by atoms with van der Waals surface area (Å²) in [6.45, 7) is 3.87. The first-order valence-electron chi connectivity index (χ1n) is 5.66. The molecule has 1 amide bonds. The third-order valence-electron chi connectivity index (χ3n) is 2.90. The second-order valence-electron chi connectivity index (χ2n) is 4.35. The first-order valence-corrected chi connectivity index (χ1v) is 6.83. The molecule has 0 radical (unpaired) electrons. The normalized spacial score (nSPS) is 18.9. The molecular weight excluding hydrogens is 358 g/mol. The first kappa shape index (κ1) is 16.7. The maximum atomic E-state index is 13.8. The van der Waals surface area contributed by atoms with Crippen LogP contribution < -0.4 is 5.32 Å². The molecule has 106 valence electrons. The molecule has 1 aliphatic rings. The van der Waals surface area contributed by atoms with Gasteiger partial charge in [-0.2, -0.15) is 0 Å². The standard InChI is InChI=1S/C12H13BrClFN2O.ClH/c1-7-6-17(3-2-16-7)12(18)8-4-10(14)9(13)5-11(8)15;/h4-5,7,16H,2-3,6H2,1H3;1H/t7-;/m1./s1. The molecule has 1 atom stereocenters. The molecule has 1 saturated heterocycles. The van der Waals surface area contributed by atoms with Crippen molar-refractivity contribution in [3.05, 3.63) is 33.0 Å². The van der Waals surface area contributed by atoms with Gasteiger partial charge in [-0.1, -0.05) is 11.6 Å². The van der Waals surface area contributed by atoms with Crippen molar-refractivity contribution >= 4 is 45.8 Å². The van der Waals surface area contributed by atoms with Crippen molar-refractivity contribution in [2.24, 2.45) is 0 Å². The molecule has 0 unspecified atom stereocenters. The summed E-state index contributed by atoms with van der Waals surface area (Å²) >= 11 is 9.03. The SMILES string of the molecule is C[C@@H]1CN(C(=O)c2cc(Cl)c(Br)cc2F)CCN1.Cl. The molecule has 7 heteroatoms. The van der Waals surface area contributed by atoms with E-state index in [0.29, 0.717) is 22.6 Å². The highest BCUT2D eigenvalue weighted by molar-refractivity contribution is 9.10. The van der Waals surface area contributed by atoms with Crippen LogP contribution in [0.1, 0.15) is 17.3 Å². The predicted molar refractivity (Wildman–Crippen MR) is 79.7 cm³/mol. The second-order valence-corrected chi connectivity index (χ2v) is 5.61. The number of hydrogen-bond donors (Lipinski definition) is 1. The van der Waals surface area contributed by atoms with Gasteiger partial charge in [0.25, 0.3) is 5.91 Å². The lowest BCUT2D eigenvalue weighted by molar-refractivity contribution is 0.0704. The molecule has 0 bridgehead atoms. The minimum absolute atomic E-state index is 0. The number of halogens is 4. The summed E-state index contributed by atoms with van der Waals surface area (Å²) < 4.78 is 14.2. The predicted octanol–water partition coefficient (Wildman–Crippen LogP) is 3.10. The molecule has 2 rings (SSSR count). The third kappa shape index (κ3) is 3.81. The number of carbonyl (C=O) groups is 1. The Hall–Kier alpha value is -0.360. The van der Waals surface area contributed by atoms with E-state index in [9.17, 15) is 9.18 Å². The highest BCUT2D eigenvalue weighted by Crippen LogP contribution is 2.26. The Morgan fingerprint density at radius 1 is 1.58 bits per heavy atom. The van der Waals surface area contributed by atoms with Gasteiger partial charge in [0.15, 0.2) is 0 Å². The van der Waals surface area contributed by atoms with Gasteiger partial charge in [0.05, 0.1) is 10.6 Å². The van der Waals surface area contributed by atoms with E-state index in [1.54, 1.807) is 4.90 Å². The van der Waals surface area contributed by atoms with Gasteiger partial charge >= 0.3 is 0 Å². The van der Waals surface area contributed by atoms with Crippen LogP contribution >= 0.6 is 39.9 Å². The first-order chi connectivity index (χ1) is 8.49. The van der Waals surface area contributed by atoms with E-state index < -0.39 is 5.82 Å². The van der Waals surface area contributed by atoms with Crippen LogP contribution in [0.25, 0.3) is 0 Å². The smallest absolute Gasteiger partial charge is 0.256 e. The molecule has 0 aromatic heterocycles. The van der Waals surface area contributed by atoms with E-state index in [0.717, 1.165) is 6.54 Å². The average molecular weight is 372 g/mol. The molecule has 0 saturated carbocycles. The summed E-state index contributed by atoms with van der Waals surface area (Å²) in [6.07, 6.45) is 0. The van der Waals surface area contributed by atoms with Gasteiger partial charge in [0.1, 0.15) is 5.82 Å². The Bertz CT molecular complexity index is 487. The van der Waals surface area contributed by atoms with Crippen LogP contribution in [0.3, 0.4) is 0 Å². The summed E-state index contributed by atoms with van der Waals surface area (Å²) in [7, 11) is 0. The van der Waals surface area contributed by atoms with Crippen LogP contribution in [0.2, 0.25) is 5.02 Å². The van der Waals surface area contributed by atoms with E-state index >= 15 is 0 Å². The van der Waals surface area contributed by atoms with Crippen LogP contribution in [-0.2, 0) is 0 Å². The number of rotatable bonds is 1. The largest absolute Gasteiger partial charge is 0.336 e. The van der Waals surface area contributed by atoms with Crippen molar-refractivity contribution in [3.63, 3.8) is 0 Å². The van der Waals surface area contributed by atoms with Crippen LogP contribution in [0.4, 0.5) is 4.39 Å². The molecule has 1 aliphatic heterocycles. The Kier molecular flexibility index (Phi) is 6.05. The van der Waals surface area contributed by atoms with Crippen LogP contribution in [0.15, 0.2) is 16.6 Å². The number of benzene rings is 1. The van der Waals surface area contributed by atoms with Gasteiger partial charge in [-0.25, -0.2) is 4.39 Å². The van der Waals surface area contributed by atoms with E-state index in [1.165, 1.54) is 12.1 Å². The lowest BCUT2D eigenvalue weighted by Gasteiger charge is -2.32. The Morgan fingerprint density at radius 2 is 2.26 bits per heavy atom. The Labute approximate surface area is 131 Å². The molecule has 1 aromatic carbocycles. The zero-order chi connectivity index (χ0) is 13.3. The molecule has 19 heavy (non-hydrogen) atoms. The fraction of sp³-hybridized carbons (Fsp3) is 0.417. The highest BCUT2D eigenvalue weighted by atomic mass is 79.9. The van der Waals surface area contributed by atoms with Gasteiger partial charge in [-0.15, -0.1) is 12.4 Å². The lowest BCUT2D eigenvalue weighted by Crippen LogP contribution is -2.51. The van der Waals surface area contributed by atoms with Gasteiger partial charge in [0.2, 0.25) is 0 Å². The second kappa shape index (κ2) is 6.88. The molecule has 0 aliphatic carbocycles. The molecule has 1 fully saturated rings. The van der Waals surface area contributed by atoms with Crippen molar-refractivity contribution in [3.8, 4) is 0 Å². The number of nitrogens with one attached hydrogen (secondary N) is 1. The fourth-order valence-electron chi connectivity index (χ4n) is 1.97. The molecule has 1 heterocycles. The summed E-state index contributed by atoms with van der Waals surface area (Å²) in [5, 5.41) is 3.57. The third-order valence-corrected chi connectivity index (χ3v) is 4.09. The number of hydrogen-bond acceptors (Lipinski definition) is 2. The van der Waals surface area contributed by atoms with Crippen LogP contribution in [0.5, 0.6) is 0 Å².